The molecule has 0 aromatic carbocycles. The summed E-state index contributed by atoms with van der Waals surface area (Å²) in [7, 11) is 0. The topological polar surface area (TPSA) is 64.6 Å². The summed E-state index contributed by atoms with van der Waals surface area (Å²) < 4.78 is 11.2. The molecule has 2 saturated heterocycles. The second kappa shape index (κ2) is 3.35. The number of carbonyl (C=O) groups is 2. The minimum atomic E-state index is -1.21. The zero-order valence-corrected chi connectivity index (χ0v) is 10.7. The van der Waals surface area contributed by atoms with Crippen LogP contribution < -0.4 is 5.32 Å². The predicted molar refractivity (Wildman–Crippen MR) is 62.6 cm³/mol. The maximum absolute atomic E-state index is 12.4. The van der Waals surface area contributed by atoms with Crippen LogP contribution in [-0.4, -0.2) is 35.7 Å². The van der Waals surface area contributed by atoms with Gasteiger partial charge in [0.05, 0.1) is 12.0 Å². The first kappa shape index (κ1) is 11.7. The Kier molecular flexibility index (Phi) is 2.18. The third-order valence-corrected chi connectivity index (χ3v) is 3.69. The van der Waals surface area contributed by atoms with Crippen molar-refractivity contribution < 1.29 is 19.1 Å². The summed E-state index contributed by atoms with van der Waals surface area (Å²) in [6, 6.07) is 0. The molecule has 5 heteroatoms. The zero-order valence-electron chi connectivity index (χ0n) is 10.7. The highest BCUT2D eigenvalue weighted by molar-refractivity contribution is 5.95. The molecular formula is C13H17NO4. The number of carbonyl (C=O) groups excluding carboxylic acids is 2. The molecule has 3 aliphatic rings. The normalized spacial score (nSPS) is 40.8. The van der Waals surface area contributed by atoms with Gasteiger partial charge in [0.25, 0.3) is 0 Å². The summed E-state index contributed by atoms with van der Waals surface area (Å²) in [5.41, 5.74) is -1.79. The minimum absolute atomic E-state index is 0.0509. The second-order valence-electron chi connectivity index (χ2n) is 6.12. The van der Waals surface area contributed by atoms with Gasteiger partial charge in [-0.3, -0.25) is 4.79 Å². The van der Waals surface area contributed by atoms with Crippen molar-refractivity contribution in [2.45, 2.75) is 38.1 Å². The van der Waals surface area contributed by atoms with Crippen LogP contribution in [0.5, 0.6) is 0 Å². The molecule has 1 amide bonds. The van der Waals surface area contributed by atoms with Crippen LogP contribution in [0.1, 0.15) is 20.8 Å². The average Bonchev–Trinajstić information content (AvgIpc) is 2.87. The van der Waals surface area contributed by atoms with Crippen LogP contribution in [0.4, 0.5) is 0 Å². The van der Waals surface area contributed by atoms with E-state index >= 15 is 0 Å². The van der Waals surface area contributed by atoms with Gasteiger partial charge in [-0.15, -0.1) is 0 Å². The van der Waals surface area contributed by atoms with Gasteiger partial charge in [-0.25, -0.2) is 4.79 Å². The Bertz CT molecular complexity index is 450. The molecule has 3 rings (SSSR count). The maximum Gasteiger partial charge on any atom is 0.343 e. The van der Waals surface area contributed by atoms with Crippen molar-refractivity contribution >= 4 is 11.9 Å². The average molecular weight is 251 g/mol. The zero-order chi connectivity index (χ0) is 13.1. The van der Waals surface area contributed by atoms with Crippen LogP contribution in [0.15, 0.2) is 12.2 Å². The SMILES string of the molecule is CC(C)(C)OC(=O)C12C=CC(O1)C1CNC(=O)C12. The van der Waals surface area contributed by atoms with Crippen molar-refractivity contribution in [1.29, 1.82) is 0 Å². The molecule has 98 valence electrons. The summed E-state index contributed by atoms with van der Waals surface area (Å²) in [6.07, 6.45) is 3.41. The number of fused-ring (bicyclic) bond motifs is 5. The van der Waals surface area contributed by atoms with Gasteiger partial charge in [0.2, 0.25) is 5.91 Å². The summed E-state index contributed by atoms with van der Waals surface area (Å²) >= 11 is 0. The predicted octanol–water partition coefficient (Wildman–Crippen LogP) is 0.398. The quantitative estimate of drug-likeness (QED) is 0.541. The smallest absolute Gasteiger partial charge is 0.343 e. The van der Waals surface area contributed by atoms with Gasteiger partial charge in [-0.1, -0.05) is 6.08 Å². The molecule has 3 aliphatic heterocycles. The fourth-order valence-electron chi connectivity index (χ4n) is 3.01. The van der Waals surface area contributed by atoms with Gasteiger partial charge in [-0.2, -0.15) is 0 Å². The fourth-order valence-corrected chi connectivity index (χ4v) is 3.01. The van der Waals surface area contributed by atoms with E-state index in [0.717, 1.165) is 0 Å². The largest absolute Gasteiger partial charge is 0.458 e. The molecular weight excluding hydrogens is 234 g/mol. The Hall–Kier alpha value is -1.36. The number of ether oxygens (including phenoxy) is 2. The molecule has 0 aromatic rings. The van der Waals surface area contributed by atoms with Crippen LogP contribution >= 0.6 is 0 Å². The van der Waals surface area contributed by atoms with Crippen LogP contribution in [-0.2, 0) is 19.1 Å². The van der Waals surface area contributed by atoms with E-state index in [1.165, 1.54) is 0 Å². The third-order valence-electron chi connectivity index (χ3n) is 3.69. The molecule has 1 N–H and O–H groups in total. The monoisotopic (exact) mass is 251 g/mol. The number of rotatable bonds is 1. The molecule has 5 nitrogen and oxygen atoms in total. The number of nitrogens with one attached hydrogen (secondary N) is 1. The number of hydrogen-bond acceptors (Lipinski definition) is 4. The third kappa shape index (κ3) is 1.43. The summed E-state index contributed by atoms with van der Waals surface area (Å²) in [4.78, 5) is 24.2. The van der Waals surface area contributed by atoms with E-state index in [9.17, 15) is 9.59 Å². The Labute approximate surface area is 106 Å². The highest BCUT2D eigenvalue weighted by Crippen LogP contribution is 2.50. The molecule has 3 heterocycles. The van der Waals surface area contributed by atoms with E-state index in [1.54, 1.807) is 26.8 Å². The molecule has 18 heavy (non-hydrogen) atoms. The molecule has 2 fully saturated rings. The summed E-state index contributed by atoms with van der Waals surface area (Å²) in [5, 5.41) is 2.80. The van der Waals surface area contributed by atoms with Crippen LogP contribution in [0.2, 0.25) is 0 Å². The lowest BCUT2D eigenvalue weighted by atomic mass is 9.77. The molecule has 0 saturated carbocycles. The van der Waals surface area contributed by atoms with E-state index < -0.39 is 23.1 Å². The first-order chi connectivity index (χ1) is 8.33. The summed E-state index contributed by atoms with van der Waals surface area (Å²) in [6.45, 7) is 5.99. The lowest BCUT2D eigenvalue weighted by Crippen LogP contribution is -2.49. The first-order valence-electron chi connectivity index (χ1n) is 6.22. The fraction of sp³-hybridized carbons (Fsp3) is 0.692. The van der Waals surface area contributed by atoms with Gasteiger partial charge in [0.15, 0.2) is 5.60 Å². The summed E-state index contributed by atoms with van der Waals surface area (Å²) in [5.74, 6) is -0.964. The van der Waals surface area contributed by atoms with E-state index in [2.05, 4.69) is 5.32 Å². The lowest BCUT2D eigenvalue weighted by Gasteiger charge is -2.30. The molecule has 2 bridgehead atoms. The first-order valence-corrected chi connectivity index (χ1v) is 6.22. The van der Waals surface area contributed by atoms with Crippen molar-refractivity contribution in [1.82, 2.24) is 5.32 Å². The van der Waals surface area contributed by atoms with Gasteiger partial charge >= 0.3 is 5.97 Å². The van der Waals surface area contributed by atoms with E-state index in [4.69, 9.17) is 9.47 Å². The molecule has 4 atom stereocenters. The molecule has 0 spiro atoms. The Morgan fingerprint density at radius 3 is 2.94 bits per heavy atom. The van der Waals surface area contributed by atoms with Crippen molar-refractivity contribution in [3.05, 3.63) is 12.2 Å². The van der Waals surface area contributed by atoms with Crippen LogP contribution in [0.25, 0.3) is 0 Å². The van der Waals surface area contributed by atoms with E-state index in [1.807, 2.05) is 6.08 Å². The van der Waals surface area contributed by atoms with Crippen LogP contribution in [0.3, 0.4) is 0 Å². The highest BCUT2D eigenvalue weighted by atomic mass is 16.6. The number of hydrogen-bond donors (Lipinski definition) is 1. The Balaban J connectivity index is 1.92. The van der Waals surface area contributed by atoms with Gasteiger partial charge in [-0.05, 0) is 26.8 Å². The van der Waals surface area contributed by atoms with E-state index in [0.29, 0.717) is 6.54 Å². The maximum atomic E-state index is 12.4. The number of amides is 1. The Morgan fingerprint density at radius 2 is 2.28 bits per heavy atom. The molecule has 4 unspecified atom stereocenters. The van der Waals surface area contributed by atoms with Gasteiger partial charge in [0.1, 0.15) is 5.60 Å². The van der Waals surface area contributed by atoms with Crippen molar-refractivity contribution in [3.8, 4) is 0 Å². The molecule has 0 radical (unpaired) electrons. The minimum Gasteiger partial charge on any atom is -0.458 e. The van der Waals surface area contributed by atoms with Crippen molar-refractivity contribution in [3.63, 3.8) is 0 Å². The van der Waals surface area contributed by atoms with Crippen molar-refractivity contribution in [2.75, 3.05) is 6.54 Å². The second-order valence-corrected chi connectivity index (χ2v) is 6.12. The Morgan fingerprint density at radius 1 is 1.56 bits per heavy atom. The molecule has 0 aliphatic carbocycles. The standard InChI is InChI=1S/C13H17NO4/c1-12(2,3)18-11(16)13-5-4-8(17-13)7-6-14-10(15)9(7)13/h4-5,7-9H,6H2,1-3H3,(H,14,15). The van der Waals surface area contributed by atoms with Crippen molar-refractivity contribution in [2.24, 2.45) is 11.8 Å². The lowest BCUT2D eigenvalue weighted by molar-refractivity contribution is -0.177. The van der Waals surface area contributed by atoms with Gasteiger partial charge < -0.3 is 14.8 Å². The van der Waals surface area contributed by atoms with E-state index in [-0.39, 0.29) is 17.9 Å². The van der Waals surface area contributed by atoms with Crippen LogP contribution in [0, 0.1) is 11.8 Å². The highest BCUT2D eigenvalue weighted by Gasteiger charge is 2.66. The molecule has 0 aromatic heterocycles. The number of esters is 1. The van der Waals surface area contributed by atoms with Gasteiger partial charge in [0, 0.05) is 12.5 Å².